The molecule has 0 fully saturated rings. The number of aromatic carboxylic acids is 1. The van der Waals surface area contributed by atoms with E-state index in [2.05, 4.69) is 11.2 Å². The second kappa shape index (κ2) is 4.94. The highest BCUT2D eigenvalue weighted by molar-refractivity contribution is 5.94. The highest BCUT2D eigenvalue weighted by Gasteiger charge is 2.18. The Kier molecular flexibility index (Phi) is 3.10. The van der Waals surface area contributed by atoms with E-state index in [1.807, 2.05) is 26.0 Å². The summed E-state index contributed by atoms with van der Waals surface area (Å²) in [4.78, 5) is 11.4. The molecule has 0 amide bonds. The van der Waals surface area contributed by atoms with E-state index in [1.165, 1.54) is 18.7 Å². The predicted molar refractivity (Wildman–Crippen MR) is 77.7 cm³/mol. The van der Waals surface area contributed by atoms with Gasteiger partial charge in [-0.15, -0.1) is 0 Å². The van der Waals surface area contributed by atoms with Crippen LogP contribution in [0.25, 0.3) is 16.9 Å². The van der Waals surface area contributed by atoms with Gasteiger partial charge in [-0.3, -0.25) is 0 Å². The summed E-state index contributed by atoms with van der Waals surface area (Å²) in [6, 6.07) is 7.68. The minimum atomic E-state index is -1.01. The number of aromatic nitrogens is 2. The van der Waals surface area contributed by atoms with Gasteiger partial charge in [0.15, 0.2) is 0 Å². The van der Waals surface area contributed by atoms with E-state index in [0.717, 1.165) is 16.8 Å². The number of nitrogens with zero attached hydrogens (tertiary/aromatic N) is 2. The Morgan fingerprint density at radius 1 is 1.24 bits per heavy atom. The molecule has 0 aliphatic rings. The predicted octanol–water partition coefficient (Wildman–Crippen LogP) is 3.45. The van der Waals surface area contributed by atoms with Crippen LogP contribution in [0, 0.1) is 13.8 Å². The fourth-order valence-electron chi connectivity index (χ4n) is 2.36. The van der Waals surface area contributed by atoms with E-state index in [9.17, 15) is 9.90 Å². The number of carboxylic acid groups (broad SMARTS) is 1. The number of hydrogen-bond donors (Lipinski definition) is 1. The maximum absolute atomic E-state index is 11.4. The molecule has 2 aromatic heterocycles. The van der Waals surface area contributed by atoms with Gasteiger partial charge in [0.1, 0.15) is 11.3 Å². The molecule has 0 unspecified atom stereocenters. The van der Waals surface area contributed by atoms with Crippen molar-refractivity contribution in [3.63, 3.8) is 0 Å². The molecule has 0 bridgehead atoms. The zero-order valence-electron chi connectivity index (χ0n) is 11.7. The quantitative estimate of drug-likeness (QED) is 0.799. The Labute approximate surface area is 121 Å². The normalized spacial score (nSPS) is 10.8. The SMILES string of the molecule is Cc1cc(C)cc(-n2cc(C(=O)O)c(-c3ccoc3)n2)c1. The van der Waals surface area contributed by atoms with Crippen LogP contribution in [-0.4, -0.2) is 20.9 Å². The molecule has 3 aromatic rings. The summed E-state index contributed by atoms with van der Waals surface area (Å²) in [5.41, 5.74) is 4.23. The highest BCUT2D eigenvalue weighted by Crippen LogP contribution is 2.24. The molecule has 1 N–H and O–H groups in total. The van der Waals surface area contributed by atoms with Gasteiger partial charge in [0, 0.05) is 11.8 Å². The fraction of sp³-hybridized carbons (Fsp3) is 0.125. The van der Waals surface area contributed by atoms with Crippen molar-refractivity contribution in [2.24, 2.45) is 0 Å². The summed E-state index contributed by atoms with van der Waals surface area (Å²) in [5, 5.41) is 13.8. The highest BCUT2D eigenvalue weighted by atomic mass is 16.4. The summed E-state index contributed by atoms with van der Waals surface area (Å²) in [5.74, 6) is -1.01. The smallest absolute Gasteiger partial charge is 0.339 e. The number of benzene rings is 1. The topological polar surface area (TPSA) is 68.3 Å². The van der Waals surface area contributed by atoms with E-state index in [1.54, 1.807) is 10.7 Å². The average molecular weight is 282 g/mol. The number of hydrogen-bond acceptors (Lipinski definition) is 3. The molecule has 1 aromatic carbocycles. The number of aryl methyl sites for hydroxylation is 2. The van der Waals surface area contributed by atoms with Crippen LogP contribution in [0.5, 0.6) is 0 Å². The first-order valence-electron chi connectivity index (χ1n) is 6.49. The van der Waals surface area contributed by atoms with Gasteiger partial charge < -0.3 is 9.52 Å². The van der Waals surface area contributed by atoms with Crippen LogP contribution in [0.2, 0.25) is 0 Å². The molecule has 3 rings (SSSR count). The van der Waals surface area contributed by atoms with Gasteiger partial charge in [-0.05, 0) is 43.2 Å². The Bertz CT molecular complexity index is 781. The first-order chi connectivity index (χ1) is 10.0. The molecule has 106 valence electrons. The lowest BCUT2D eigenvalue weighted by Gasteiger charge is -2.04. The molecule has 0 atom stereocenters. The van der Waals surface area contributed by atoms with Crippen molar-refractivity contribution in [3.05, 3.63) is 59.7 Å². The Morgan fingerprint density at radius 2 is 1.95 bits per heavy atom. The minimum Gasteiger partial charge on any atom is -0.478 e. The summed E-state index contributed by atoms with van der Waals surface area (Å²) in [6.07, 6.45) is 4.51. The third kappa shape index (κ3) is 2.45. The molecule has 0 saturated heterocycles. The molecular formula is C16H14N2O3. The standard InChI is InChI=1S/C16H14N2O3/c1-10-5-11(2)7-13(6-10)18-8-14(16(19)20)15(17-18)12-3-4-21-9-12/h3-9H,1-2H3,(H,19,20). The van der Waals surface area contributed by atoms with E-state index < -0.39 is 5.97 Å². The van der Waals surface area contributed by atoms with Crippen molar-refractivity contribution in [1.29, 1.82) is 0 Å². The van der Waals surface area contributed by atoms with Crippen LogP contribution >= 0.6 is 0 Å². The summed E-state index contributed by atoms with van der Waals surface area (Å²) in [7, 11) is 0. The first-order valence-corrected chi connectivity index (χ1v) is 6.49. The van der Waals surface area contributed by atoms with Crippen molar-refractivity contribution >= 4 is 5.97 Å². The second-order valence-electron chi connectivity index (χ2n) is 5.00. The summed E-state index contributed by atoms with van der Waals surface area (Å²) >= 11 is 0. The molecule has 2 heterocycles. The summed E-state index contributed by atoms with van der Waals surface area (Å²) < 4.78 is 6.60. The van der Waals surface area contributed by atoms with E-state index in [4.69, 9.17) is 4.42 Å². The number of rotatable bonds is 3. The fourth-order valence-corrected chi connectivity index (χ4v) is 2.36. The molecule has 0 spiro atoms. The van der Waals surface area contributed by atoms with Crippen LogP contribution < -0.4 is 0 Å². The largest absolute Gasteiger partial charge is 0.478 e. The summed E-state index contributed by atoms with van der Waals surface area (Å²) in [6.45, 7) is 3.99. The zero-order valence-corrected chi connectivity index (χ0v) is 11.7. The van der Waals surface area contributed by atoms with Gasteiger partial charge in [-0.25, -0.2) is 9.48 Å². The average Bonchev–Trinajstić information content (AvgIpc) is 3.06. The molecule has 0 aliphatic heterocycles. The van der Waals surface area contributed by atoms with Crippen LogP contribution in [0.3, 0.4) is 0 Å². The van der Waals surface area contributed by atoms with Crippen LogP contribution in [0.15, 0.2) is 47.4 Å². The molecular weight excluding hydrogens is 268 g/mol. The van der Waals surface area contributed by atoms with Crippen LogP contribution in [-0.2, 0) is 0 Å². The van der Waals surface area contributed by atoms with Gasteiger partial charge >= 0.3 is 5.97 Å². The molecule has 5 heteroatoms. The van der Waals surface area contributed by atoms with E-state index in [0.29, 0.717) is 11.3 Å². The van der Waals surface area contributed by atoms with Crippen molar-refractivity contribution in [1.82, 2.24) is 9.78 Å². The Balaban J connectivity index is 2.17. The van der Waals surface area contributed by atoms with E-state index in [-0.39, 0.29) is 5.56 Å². The van der Waals surface area contributed by atoms with Gasteiger partial charge in [0.05, 0.1) is 18.2 Å². The Hall–Kier alpha value is -2.82. The van der Waals surface area contributed by atoms with Crippen molar-refractivity contribution in [3.8, 4) is 16.9 Å². The molecule has 21 heavy (non-hydrogen) atoms. The number of carbonyl (C=O) groups is 1. The Morgan fingerprint density at radius 3 is 2.52 bits per heavy atom. The minimum absolute atomic E-state index is 0.149. The monoisotopic (exact) mass is 282 g/mol. The lowest BCUT2D eigenvalue weighted by atomic mass is 10.1. The molecule has 5 nitrogen and oxygen atoms in total. The molecule has 0 saturated carbocycles. The van der Waals surface area contributed by atoms with Crippen molar-refractivity contribution in [2.45, 2.75) is 13.8 Å². The van der Waals surface area contributed by atoms with Crippen LogP contribution in [0.4, 0.5) is 0 Å². The van der Waals surface area contributed by atoms with Gasteiger partial charge in [0.25, 0.3) is 0 Å². The molecule has 0 radical (unpaired) electrons. The van der Waals surface area contributed by atoms with E-state index >= 15 is 0 Å². The van der Waals surface area contributed by atoms with Gasteiger partial charge in [-0.1, -0.05) is 6.07 Å². The first kappa shape index (κ1) is 13.2. The zero-order chi connectivity index (χ0) is 15.0. The number of furan rings is 1. The number of carboxylic acids is 1. The maximum atomic E-state index is 11.4. The second-order valence-corrected chi connectivity index (χ2v) is 5.00. The van der Waals surface area contributed by atoms with Crippen molar-refractivity contribution < 1.29 is 14.3 Å². The van der Waals surface area contributed by atoms with Gasteiger partial charge in [0.2, 0.25) is 0 Å². The third-order valence-electron chi connectivity index (χ3n) is 3.21. The van der Waals surface area contributed by atoms with Crippen molar-refractivity contribution in [2.75, 3.05) is 0 Å². The van der Waals surface area contributed by atoms with Gasteiger partial charge in [-0.2, -0.15) is 5.10 Å². The maximum Gasteiger partial charge on any atom is 0.339 e. The van der Waals surface area contributed by atoms with Crippen LogP contribution in [0.1, 0.15) is 21.5 Å². The lowest BCUT2D eigenvalue weighted by molar-refractivity contribution is 0.0697. The molecule has 0 aliphatic carbocycles. The lowest BCUT2D eigenvalue weighted by Crippen LogP contribution is -1.96. The third-order valence-corrected chi connectivity index (χ3v) is 3.21.